The first kappa shape index (κ1) is 15.6. The molecule has 0 bridgehead atoms. The number of hydrogen-bond donors (Lipinski definition) is 1. The summed E-state index contributed by atoms with van der Waals surface area (Å²) >= 11 is 3.40. The van der Waals surface area contributed by atoms with Gasteiger partial charge in [-0.3, -0.25) is 9.59 Å². The van der Waals surface area contributed by atoms with Gasteiger partial charge >= 0.3 is 5.97 Å². The van der Waals surface area contributed by atoms with Crippen molar-refractivity contribution < 1.29 is 19.1 Å². The first-order valence-corrected chi connectivity index (χ1v) is 7.17. The number of rotatable bonds is 3. The zero-order valence-corrected chi connectivity index (χ0v) is 13.4. The maximum atomic E-state index is 12.1. The number of methoxy groups -OCH3 is 2. The summed E-state index contributed by atoms with van der Waals surface area (Å²) in [6.07, 6.45) is 0.172. The Kier molecular flexibility index (Phi) is 4.67. The highest BCUT2D eigenvalue weighted by molar-refractivity contribution is 9.10. The minimum Gasteiger partial charge on any atom is -0.496 e. The molecule has 5 nitrogen and oxygen atoms in total. The molecule has 1 saturated heterocycles. The van der Waals surface area contributed by atoms with Gasteiger partial charge in [-0.15, -0.1) is 0 Å². The number of nitrogens with one attached hydrogen (secondary N) is 1. The van der Waals surface area contributed by atoms with Crippen molar-refractivity contribution in [1.29, 1.82) is 0 Å². The quantitative estimate of drug-likeness (QED) is 0.847. The molecule has 2 atom stereocenters. The Morgan fingerprint density at radius 3 is 2.76 bits per heavy atom. The minimum atomic E-state index is -0.629. The molecule has 112 valence electrons. The lowest BCUT2D eigenvalue weighted by atomic mass is 9.78. The standard InChI is InChI=1S/C15H16BrNO4/c1-8-14(15(19)21-3)11(7-13(18)17-8)10-6-9(16)4-5-12(10)20-2/h4-6,11,14H,1,7H2,2-3H3,(H,17,18). The van der Waals surface area contributed by atoms with Crippen molar-refractivity contribution in [3.8, 4) is 5.75 Å². The molecule has 2 rings (SSSR count). The Morgan fingerprint density at radius 1 is 1.43 bits per heavy atom. The van der Waals surface area contributed by atoms with E-state index in [1.165, 1.54) is 7.11 Å². The van der Waals surface area contributed by atoms with Gasteiger partial charge in [-0.25, -0.2) is 0 Å². The van der Waals surface area contributed by atoms with E-state index in [9.17, 15) is 9.59 Å². The van der Waals surface area contributed by atoms with Gasteiger partial charge in [0, 0.05) is 28.1 Å². The molecular formula is C15H16BrNO4. The molecule has 1 N–H and O–H groups in total. The third kappa shape index (κ3) is 3.10. The molecule has 1 amide bonds. The van der Waals surface area contributed by atoms with Crippen LogP contribution in [-0.2, 0) is 14.3 Å². The van der Waals surface area contributed by atoms with Gasteiger partial charge in [-0.1, -0.05) is 22.5 Å². The van der Waals surface area contributed by atoms with Gasteiger partial charge in [0.2, 0.25) is 5.91 Å². The van der Waals surface area contributed by atoms with Crippen LogP contribution < -0.4 is 10.1 Å². The monoisotopic (exact) mass is 353 g/mol. The van der Waals surface area contributed by atoms with Crippen LogP contribution in [0.15, 0.2) is 34.9 Å². The van der Waals surface area contributed by atoms with E-state index in [0.29, 0.717) is 11.4 Å². The number of hydrogen-bond acceptors (Lipinski definition) is 4. The number of benzene rings is 1. The number of carbonyl (C=O) groups excluding carboxylic acids is 2. The van der Waals surface area contributed by atoms with E-state index in [-0.39, 0.29) is 18.2 Å². The molecule has 1 aliphatic rings. The molecule has 0 radical (unpaired) electrons. The Labute approximate surface area is 131 Å². The summed E-state index contributed by atoms with van der Waals surface area (Å²) in [7, 11) is 2.87. The van der Waals surface area contributed by atoms with Crippen molar-refractivity contribution in [3.63, 3.8) is 0 Å². The number of esters is 1. The average molecular weight is 354 g/mol. The van der Waals surface area contributed by atoms with Crippen LogP contribution in [0.2, 0.25) is 0 Å². The summed E-state index contributed by atoms with van der Waals surface area (Å²) in [6.45, 7) is 3.78. The Hall–Kier alpha value is -1.82. The largest absolute Gasteiger partial charge is 0.496 e. The SMILES string of the molecule is C=C1NC(=O)CC(c2cc(Br)ccc2OC)C1C(=O)OC. The topological polar surface area (TPSA) is 64.6 Å². The summed E-state index contributed by atoms with van der Waals surface area (Å²) < 4.78 is 11.0. The van der Waals surface area contributed by atoms with Gasteiger partial charge in [0.15, 0.2) is 0 Å². The maximum absolute atomic E-state index is 12.1. The Morgan fingerprint density at radius 2 is 2.14 bits per heavy atom. The third-order valence-corrected chi connectivity index (χ3v) is 4.02. The highest BCUT2D eigenvalue weighted by Gasteiger charge is 2.40. The van der Waals surface area contributed by atoms with Crippen molar-refractivity contribution in [2.45, 2.75) is 12.3 Å². The molecule has 1 heterocycles. The Bertz CT molecular complexity index is 599. The number of piperidine rings is 1. The molecule has 0 aliphatic carbocycles. The van der Waals surface area contributed by atoms with Crippen molar-refractivity contribution in [2.24, 2.45) is 5.92 Å². The van der Waals surface area contributed by atoms with Crippen molar-refractivity contribution >= 4 is 27.8 Å². The fourth-order valence-electron chi connectivity index (χ4n) is 2.59. The molecule has 2 unspecified atom stereocenters. The van der Waals surface area contributed by atoms with Gasteiger partial charge in [-0.05, 0) is 18.2 Å². The maximum Gasteiger partial charge on any atom is 0.315 e. The van der Waals surface area contributed by atoms with Crippen LogP contribution in [0.1, 0.15) is 17.9 Å². The van der Waals surface area contributed by atoms with Crippen LogP contribution in [-0.4, -0.2) is 26.1 Å². The second-order valence-electron chi connectivity index (χ2n) is 4.77. The zero-order valence-electron chi connectivity index (χ0n) is 11.8. The first-order chi connectivity index (χ1) is 9.97. The van der Waals surface area contributed by atoms with Crippen LogP contribution in [0.5, 0.6) is 5.75 Å². The Balaban J connectivity index is 2.51. The normalized spacial score (nSPS) is 21.7. The first-order valence-electron chi connectivity index (χ1n) is 6.37. The lowest BCUT2D eigenvalue weighted by molar-refractivity contribution is -0.146. The number of halogens is 1. The van der Waals surface area contributed by atoms with Crippen LogP contribution in [0.25, 0.3) is 0 Å². The summed E-state index contributed by atoms with van der Waals surface area (Å²) in [5.41, 5.74) is 1.13. The summed E-state index contributed by atoms with van der Waals surface area (Å²) in [5.74, 6) is -0.971. The van der Waals surface area contributed by atoms with Gasteiger partial charge in [0.25, 0.3) is 0 Å². The molecule has 0 aromatic heterocycles. The summed E-state index contributed by atoms with van der Waals surface area (Å²) in [4.78, 5) is 23.9. The predicted molar refractivity (Wildman–Crippen MR) is 80.8 cm³/mol. The molecule has 0 saturated carbocycles. The zero-order chi connectivity index (χ0) is 15.6. The smallest absolute Gasteiger partial charge is 0.315 e. The third-order valence-electron chi connectivity index (χ3n) is 3.53. The van der Waals surface area contributed by atoms with Gasteiger partial charge in [0.05, 0.1) is 14.2 Å². The van der Waals surface area contributed by atoms with Crippen molar-refractivity contribution in [3.05, 3.63) is 40.5 Å². The van der Waals surface area contributed by atoms with E-state index in [1.54, 1.807) is 13.2 Å². The lowest BCUT2D eigenvalue weighted by Gasteiger charge is -2.32. The van der Waals surface area contributed by atoms with Gasteiger partial charge in [-0.2, -0.15) is 0 Å². The van der Waals surface area contributed by atoms with Gasteiger partial charge in [0.1, 0.15) is 11.7 Å². The lowest BCUT2D eigenvalue weighted by Crippen LogP contribution is -2.41. The molecular weight excluding hydrogens is 338 g/mol. The van der Waals surface area contributed by atoms with Crippen LogP contribution in [0, 0.1) is 5.92 Å². The van der Waals surface area contributed by atoms with Gasteiger partial charge < -0.3 is 14.8 Å². The fraction of sp³-hybridized carbons (Fsp3) is 0.333. The minimum absolute atomic E-state index is 0.172. The molecule has 1 aromatic rings. The van der Waals surface area contributed by atoms with Crippen molar-refractivity contribution in [2.75, 3.05) is 14.2 Å². The highest BCUT2D eigenvalue weighted by Crippen LogP contribution is 2.41. The summed E-state index contributed by atoms with van der Waals surface area (Å²) in [5, 5.41) is 2.61. The van der Waals surface area contributed by atoms with Crippen molar-refractivity contribution in [1.82, 2.24) is 5.32 Å². The molecule has 1 aromatic carbocycles. The second-order valence-corrected chi connectivity index (χ2v) is 5.69. The van der Waals surface area contributed by atoms with Crippen LogP contribution in [0.4, 0.5) is 0 Å². The van der Waals surface area contributed by atoms with E-state index >= 15 is 0 Å². The van der Waals surface area contributed by atoms with E-state index in [4.69, 9.17) is 9.47 Å². The predicted octanol–water partition coefficient (Wildman–Crippen LogP) is 2.36. The van der Waals surface area contributed by atoms with Crippen LogP contribution >= 0.6 is 15.9 Å². The van der Waals surface area contributed by atoms with Crippen LogP contribution in [0.3, 0.4) is 0 Å². The van der Waals surface area contributed by atoms with E-state index in [0.717, 1.165) is 10.0 Å². The number of amides is 1. The molecule has 0 spiro atoms. The highest BCUT2D eigenvalue weighted by atomic mass is 79.9. The van der Waals surface area contributed by atoms with E-state index in [1.807, 2.05) is 12.1 Å². The fourth-order valence-corrected chi connectivity index (χ4v) is 2.97. The van der Waals surface area contributed by atoms with E-state index in [2.05, 4.69) is 27.8 Å². The van der Waals surface area contributed by atoms with E-state index < -0.39 is 11.9 Å². The molecule has 21 heavy (non-hydrogen) atoms. The summed E-state index contributed by atoms with van der Waals surface area (Å²) in [6, 6.07) is 5.49. The number of ether oxygens (including phenoxy) is 2. The second kappa shape index (κ2) is 6.30. The molecule has 6 heteroatoms. The molecule has 1 fully saturated rings. The number of carbonyl (C=O) groups is 2. The average Bonchev–Trinajstić information content (AvgIpc) is 2.45. The molecule has 1 aliphatic heterocycles.